The molecule has 1 aromatic rings. The molecule has 1 amide bonds. The van der Waals surface area contributed by atoms with Crippen LogP contribution in [-0.2, 0) is 16.1 Å². The molecule has 2 heterocycles. The smallest absolute Gasteiger partial charge is 0.408 e. The molecule has 2 rings (SSSR count). The Bertz CT molecular complexity index is 654. The summed E-state index contributed by atoms with van der Waals surface area (Å²) in [5, 5.41) is 13.1. The highest BCUT2D eigenvalue weighted by Crippen LogP contribution is 2.30. The number of aliphatic carboxylic acids is 1. The molecule has 0 radical (unpaired) electrons. The van der Waals surface area contributed by atoms with Gasteiger partial charge in [0.15, 0.2) is 0 Å². The Labute approximate surface area is 137 Å². The number of rotatable bonds is 4. The highest BCUT2D eigenvalue weighted by atomic mass is 19.4. The average Bonchev–Trinajstić information content (AvgIpc) is 3.02. The molecule has 0 bridgehead atoms. The van der Waals surface area contributed by atoms with Gasteiger partial charge < -0.3 is 10.0 Å². The minimum Gasteiger partial charge on any atom is -0.480 e. The summed E-state index contributed by atoms with van der Waals surface area (Å²) in [6, 6.07) is -0.870. The fraction of sp³-hybridized carbons (Fsp3) is 0.667. The molecule has 1 saturated heterocycles. The van der Waals surface area contributed by atoms with E-state index in [1.54, 1.807) is 13.8 Å². The van der Waals surface area contributed by atoms with Gasteiger partial charge in [-0.15, -0.1) is 0 Å². The lowest BCUT2D eigenvalue weighted by molar-refractivity contribution is -0.148. The highest BCUT2D eigenvalue weighted by molar-refractivity contribution is 5.88. The third kappa shape index (κ3) is 3.54. The summed E-state index contributed by atoms with van der Waals surface area (Å²) in [7, 11) is 0. The van der Waals surface area contributed by atoms with Gasteiger partial charge in [-0.1, -0.05) is 0 Å². The standard InChI is InChI=1S/C15H20F3N3O3/c1-8(13(22)20-6-4-5-11(20)14(23)24)12-9(2)19-21(10(12)3)7-15(16,17)18/h8,11H,4-7H2,1-3H3,(H,23,24). The van der Waals surface area contributed by atoms with Crippen molar-refractivity contribution in [1.82, 2.24) is 14.7 Å². The Morgan fingerprint density at radius 1 is 1.38 bits per heavy atom. The Kier molecular flexibility index (Phi) is 4.91. The van der Waals surface area contributed by atoms with Crippen LogP contribution < -0.4 is 0 Å². The number of aromatic nitrogens is 2. The predicted octanol–water partition coefficient (Wildman–Crippen LogP) is 2.24. The summed E-state index contributed by atoms with van der Waals surface area (Å²) in [4.78, 5) is 25.2. The van der Waals surface area contributed by atoms with Crippen molar-refractivity contribution in [3.05, 3.63) is 17.0 Å². The van der Waals surface area contributed by atoms with Gasteiger partial charge in [-0.25, -0.2) is 4.79 Å². The SMILES string of the molecule is Cc1nn(CC(F)(F)F)c(C)c1C(C)C(=O)N1CCCC1C(=O)O. The van der Waals surface area contributed by atoms with Crippen molar-refractivity contribution in [3.8, 4) is 0 Å². The van der Waals surface area contributed by atoms with E-state index in [0.717, 1.165) is 4.68 Å². The zero-order valence-corrected chi connectivity index (χ0v) is 13.7. The second kappa shape index (κ2) is 6.45. The van der Waals surface area contributed by atoms with Gasteiger partial charge in [-0.05, 0) is 33.6 Å². The van der Waals surface area contributed by atoms with Crippen molar-refractivity contribution in [3.63, 3.8) is 0 Å². The maximum atomic E-state index is 12.7. The van der Waals surface area contributed by atoms with Crippen LogP contribution in [0.15, 0.2) is 0 Å². The summed E-state index contributed by atoms with van der Waals surface area (Å²) in [5.41, 5.74) is 1.06. The molecule has 1 N–H and O–H groups in total. The first-order chi connectivity index (χ1) is 11.0. The molecular formula is C15H20F3N3O3. The summed E-state index contributed by atoms with van der Waals surface area (Å²) in [6.07, 6.45) is -3.42. The first-order valence-electron chi connectivity index (χ1n) is 7.67. The lowest BCUT2D eigenvalue weighted by atomic mass is 9.97. The van der Waals surface area contributed by atoms with Crippen LogP contribution >= 0.6 is 0 Å². The number of aryl methyl sites for hydroxylation is 1. The van der Waals surface area contributed by atoms with E-state index in [4.69, 9.17) is 0 Å². The van der Waals surface area contributed by atoms with Crippen LogP contribution in [0.5, 0.6) is 0 Å². The lowest BCUT2D eigenvalue weighted by Crippen LogP contribution is -2.42. The Morgan fingerprint density at radius 2 is 2.00 bits per heavy atom. The summed E-state index contributed by atoms with van der Waals surface area (Å²) in [5.74, 6) is -2.20. The molecule has 24 heavy (non-hydrogen) atoms. The van der Waals surface area contributed by atoms with Gasteiger partial charge in [0.1, 0.15) is 12.6 Å². The maximum absolute atomic E-state index is 12.7. The summed E-state index contributed by atoms with van der Waals surface area (Å²) in [6.45, 7) is 3.74. The van der Waals surface area contributed by atoms with Crippen molar-refractivity contribution in [2.24, 2.45) is 0 Å². The normalized spacial score (nSPS) is 19.6. The van der Waals surface area contributed by atoms with Crippen LogP contribution in [-0.4, -0.2) is 50.4 Å². The number of amides is 1. The van der Waals surface area contributed by atoms with Crippen LogP contribution in [0.3, 0.4) is 0 Å². The van der Waals surface area contributed by atoms with Gasteiger partial charge in [0.05, 0.1) is 11.6 Å². The number of alkyl halides is 3. The van der Waals surface area contributed by atoms with E-state index in [-0.39, 0.29) is 5.69 Å². The molecule has 6 nitrogen and oxygen atoms in total. The van der Waals surface area contributed by atoms with Gasteiger partial charge in [-0.3, -0.25) is 9.48 Å². The molecule has 2 atom stereocenters. The Hall–Kier alpha value is -2.06. The van der Waals surface area contributed by atoms with Crippen LogP contribution in [0.2, 0.25) is 0 Å². The van der Waals surface area contributed by atoms with Crippen molar-refractivity contribution < 1.29 is 27.9 Å². The second-order valence-electron chi connectivity index (χ2n) is 6.11. The van der Waals surface area contributed by atoms with Gasteiger partial charge in [0.2, 0.25) is 5.91 Å². The molecule has 1 aliphatic heterocycles. The summed E-state index contributed by atoms with van der Waals surface area (Å²) < 4.78 is 38.7. The minimum absolute atomic E-state index is 0.275. The molecule has 2 unspecified atom stereocenters. The van der Waals surface area contributed by atoms with Gasteiger partial charge in [-0.2, -0.15) is 18.3 Å². The van der Waals surface area contributed by atoms with E-state index in [2.05, 4.69) is 5.10 Å². The molecule has 0 aliphatic carbocycles. The number of nitrogens with zero attached hydrogens (tertiary/aromatic N) is 3. The maximum Gasteiger partial charge on any atom is 0.408 e. The van der Waals surface area contributed by atoms with Crippen LogP contribution in [0.1, 0.15) is 42.6 Å². The zero-order chi connectivity index (χ0) is 18.2. The molecule has 0 aromatic carbocycles. The van der Waals surface area contributed by atoms with E-state index in [1.807, 2.05) is 0 Å². The third-order valence-corrected chi connectivity index (χ3v) is 4.39. The van der Waals surface area contributed by atoms with Crippen LogP contribution in [0.4, 0.5) is 13.2 Å². The molecule has 0 saturated carbocycles. The molecule has 1 aromatic heterocycles. The Balaban J connectivity index is 2.28. The van der Waals surface area contributed by atoms with E-state index < -0.39 is 36.6 Å². The van der Waals surface area contributed by atoms with Crippen LogP contribution in [0.25, 0.3) is 0 Å². The summed E-state index contributed by atoms with van der Waals surface area (Å²) >= 11 is 0. The number of halogens is 3. The molecule has 1 fully saturated rings. The van der Waals surface area contributed by atoms with E-state index in [0.29, 0.717) is 30.6 Å². The Morgan fingerprint density at radius 3 is 2.54 bits per heavy atom. The van der Waals surface area contributed by atoms with Crippen molar-refractivity contribution in [2.45, 2.75) is 58.3 Å². The number of likely N-dealkylation sites (tertiary alicyclic amines) is 1. The van der Waals surface area contributed by atoms with Crippen molar-refractivity contribution in [1.29, 1.82) is 0 Å². The monoisotopic (exact) mass is 347 g/mol. The average molecular weight is 347 g/mol. The van der Waals surface area contributed by atoms with Crippen molar-refractivity contribution in [2.75, 3.05) is 6.54 Å². The van der Waals surface area contributed by atoms with E-state index in [9.17, 15) is 27.9 Å². The fourth-order valence-electron chi connectivity index (χ4n) is 3.32. The number of carboxylic acid groups (broad SMARTS) is 1. The predicted molar refractivity (Wildman–Crippen MR) is 78.5 cm³/mol. The quantitative estimate of drug-likeness (QED) is 0.906. The third-order valence-electron chi connectivity index (χ3n) is 4.39. The minimum atomic E-state index is -4.41. The van der Waals surface area contributed by atoms with Gasteiger partial charge in [0, 0.05) is 17.8 Å². The number of carbonyl (C=O) groups excluding carboxylic acids is 1. The lowest BCUT2D eigenvalue weighted by Gasteiger charge is -2.25. The number of carbonyl (C=O) groups is 2. The topological polar surface area (TPSA) is 75.4 Å². The zero-order valence-electron chi connectivity index (χ0n) is 13.7. The molecule has 0 spiro atoms. The second-order valence-corrected chi connectivity index (χ2v) is 6.11. The van der Waals surface area contributed by atoms with Crippen LogP contribution in [0, 0.1) is 13.8 Å². The van der Waals surface area contributed by atoms with Gasteiger partial charge in [0.25, 0.3) is 0 Å². The van der Waals surface area contributed by atoms with E-state index >= 15 is 0 Å². The van der Waals surface area contributed by atoms with Gasteiger partial charge >= 0.3 is 12.1 Å². The molecular weight excluding hydrogens is 327 g/mol. The highest BCUT2D eigenvalue weighted by Gasteiger charge is 2.38. The molecule has 1 aliphatic rings. The van der Waals surface area contributed by atoms with E-state index in [1.165, 1.54) is 11.8 Å². The molecule has 9 heteroatoms. The number of hydrogen-bond donors (Lipinski definition) is 1. The number of carboxylic acids is 1. The first-order valence-corrected chi connectivity index (χ1v) is 7.67. The molecule has 134 valence electrons. The fourth-order valence-corrected chi connectivity index (χ4v) is 3.32. The number of hydrogen-bond acceptors (Lipinski definition) is 3. The first kappa shape index (κ1) is 18.3. The largest absolute Gasteiger partial charge is 0.480 e. The van der Waals surface area contributed by atoms with Crippen molar-refractivity contribution >= 4 is 11.9 Å².